The Morgan fingerprint density at radius 2 is 1.94 bits per heavy atom. The molecule has 2 rings (SSSR count). The lowest BCUT2D eigenvalue weighted by Gasteiger charge is -2.08. The van der Waals surface area contributed by atoms with Crippen LogP contribution in [0.25, 0.3) is 0 Å². The van der Waals surface area contributed by atoms with Crippen molar-refractivity contribution in [3.63, 3.8) is 0 Å². The van der Waals surface area contributed by atoms with Gasteiger partial charge in [0.2, 0.25) is 0 Å². The molecule has 0 unspecified atom stereocenters. The monoisotopic (exact) mass is 244 g/mol. The normalized spacial score (nSPS) is 10.5. The number of aryl methyl sites for hydroxylation is 1. The van der Waals surface area contributed by atoms with E-state index in [9.17, 15) is 10.2 Å². The van der Waals surface area contributed by atoms with Gasteiger partial charge in [-0.3, -0.25) is 4.98 Å². The number of nitrogens with zero attached hydrogens (tertiary/aromatic N) is 1. The van der Waals surface area contributed by atoms with Gasteiger partial charge in [0.1, 0.15) is 0 Å². The predicted molar refractivity (Wildman–Crippen MR) is 69.3 cm³/mol. The van der Waals surface area contributed by atoms with Crippen LogP contribution in [0.15, 0.2) is 36.5 Å². The number of para-hydroxylation sites is 1. The Morgan fingerprint density at radius 3 is 2.67 bits per heavy atom. The van der Waals surface area contributed by atoms with Crippen molar-refractivity contribution in [3.05, 3.63) is 53.3 Å². The molecule has 0 bridgehead atoms. The number of benzene rings is 1. The third-order valence-electron chi connectivity index (χ3n) is 2.72. The highest BCUT2D eigenvalue weighted by molar-refractivity contribution is 5.44. The number of pyridine rings is 1. The molecule has 1 heterocycles. The average Bonchev–Trinajstić information content (AvgIpc) is 2.37. The first-order chi connectivity index (χ1) is 8.66. The summed E-state index contributed by atoms with van der Waals surface area (Å²) in [6, 6.07) is 8.91. The lowest BCUT2D eigenvalue weighted by atomic mass is 10.2. The molecule has 3 N–H and O–H groups in total. The van der Waals surface area contributed by atoms with Gasteiger partial charge in [-0.05, 0) is 24.6 Å². The lowest BCUT2D eigenvalue weighted by molar-refractivity contribution is 0.397. The molecule has 0 radical (unpaired) electrons. The summed E-state index contributed by atoms with van der Waals surface area (Å²) in [4.78, 5) is 4.21. The smallest absolute Gasteiger partial charge is 0.161 e. The second-order valence-electron chi connectivity index (χ2n) is 4.20. The van der Waals surface area contributed by atoms with Crippen LogP contribution < -0.4 is 5.32 Å². The number of phenols is 2. The highest BCUT2D eigenvalue weighted by atomic mass is 16.3. The highest BCUT2D eigenvalue weighted by Gasteiger charge is 2.04. The van der Waals surface area contributed by atoms with Gasteiger partial charge in [0.15, 0.2) is 11.5 Å². The Labute approximate surface area is 106 Å². The van der Waals surface area contributed by atoms with Crippen LogP contribution >= 0.6 is 0 Å². The van der Waals surface area contributed by atoms with Crippen LogP contribution in [0, 0.1) is 6.92 Å². The number of phenolic OH excluding ortho intramolecular Hbond substituents is 2. The number of aromatic nitrogens is 1. The van der Waals surface area contributed by atoms with E-state index < -0.39 is 0 Å². The lowest BCUT2D eigenvalue weighted by Crippen LogP contribution is -2.12. The molecule has 18 heavy (non-hydrogen) atoms. The van der Waals surface area contributed by atoms with Gasteiger partial charge in [0, 0.05) is 30.5 Å². The van der Waals surface area contributed by atoms with E-state index in [1.54, 1.807) is 12.1 Å². The Morgan fingerprint density at radius 1 is 1.11 bits per heavy atom. The van der Waals surface area contributed by atoms with Crippen molar-refractivity contribution in [3.8, 4) is 11.5 Å². The Hall–Kier alpha value is -2.07. The zero-order valence-electron chi connectivity index (χ0n) is 10.2. The number of hydrogen-bond acceptors (Lipinski definition) is 4. The van der Waals surface area contributed by atoms with E-state index >= 15 is 0 Å². The van der Waals surface area contributed by atoms with E-state index in [0.29, 0.717) is 18.7 Å². The van der Waals surface area contributed by atoms with E-state index in [-0.39, 0.29) is 11.5 Å². The van der Waals surface area contributed by atoms with Gasteiger partial charge in [-0.2, -0.15) is 0 Å². The van der Waals surface area contributed by atoms with Crippen molar-refractivity contribution in [1.82, 2.24) is 10.3 Å². The van der Waals surface area contributed by atoms with E-state index in [0.717, 1.165) is 11.3 Å². The quantitative estimate of drug-likeness (QED) is 0.720. The van der Waals surface area contributed by atoms with Crippen molar-refractivity contribution in [2.24, 2.45) is 0 Å². The van der Waals surface area contributed by atoms with Crippen LogP contribution in [0.1, 0.15) is 16.8 Å². The van der Waals surface area contributed by atoms with Gasteiger partial charge in [0.25, 0.3) is 0 Å². The van der Waals surface area contributed by atoms with Gasteiger partial charge in [-0.15, -0.1) is 0 Å². The van der Waals surface area contributed by atoms with E-state index in [1.165, 1.54) is 6.07 Å². The van der Waals surface area contributed by atoms with E-state index in [2.05, 4.69) is 10.3 Å². The molecule has 94 valence electrons. The molecular weight excluding hydrogens is 228 g/mol. The van der Waals surface area contributed by atoms with E-state index in [1.807, 2.05) is 25.3 Å². The van der Waals surface area contributed by atoms with Crippen LogP contribution in [-0.4, -0.2) is 15.2 Å². The third-order valence-corrected chi connectivity index (χ3v) is 2.72. The van der Waals surface area contributed by atoms with Crippen LogP contribution in [0.2, 0.25) is 0 Å². The zero-order chi connectivity index (χ0) is 13.0. The first kappa shape index (κ1) is 12.4. The highest BCUT2D eigenvalue weighted by Crippen LogP contribution is 2.27. The molecule has 0 saturated carbocycles. The molecule has 0 saturated heterocycles. The Bertz CT molecular complexity index is 524. The third kappa shape index (κ3) is 2.99. The van der Waals surface area contributed by atoms with Crippen molar-refractivity contribution in [1.29, 1.82) is 0 Å². The largest absolute Gasteiger partial charge is 0.504 e. The fourth-order valence-corrected chi connectivity index (χ4v) is 1.66. The summed E-state index contributed by atoms with van der Waals surface area (Å²) >= 11 is 0. The molecule has 4 heteroatoms. The van der Waals surface area contributed by atoms with Gasteiger partial charge < -0.3 is 15.5 Å². The van der Waals surface area contributed by atoms with Gasteiger partial charge in [-0.1, -0.05) is 18.2 Å². The number of nitrogens with one attached hydrogen (secondary N) is 1. The van der Waals surface area contributed by atoms with Crippen LogP contribution in [0.3, 0.4) is 0 Å². The SMILES string of the molecule is Cc1ccc(CNCc2cccc(O)c2O)cn1. The molecule has 2 aromatic rings. The number of rotatable bonds is 4. The van der Waals surface area contributed by atoms with Crippen molar-refractivity contribution in [2.45, 2.75) is 20.0 Å². The number of aromatic hydroxyl groups is 2. The minimum atomic E-state index is -0.0914. The minimum absolute atomic E-state index is 0.0629. The Kier molecular flexibility index (Phi) is 3.79. The summed E-state index contributed by atoms with van der Waals surface area (Å²) in [7, 11) is 0. The van der Waals surface area contributed by atoms with Crippen LogP contribution in [-0.2, 0) is 13.1 Å². The molecule has 0 spiro atoms. The maximum Gasteiger partial charge on any atom is 0.161 e. The van der Waals surface area contributed by atoms with Crippen molar-refractivity contribution < 1.29 is 10.2 Å². The fraction of sp³-hybridized carbons (Fsp3) is 0.214. The summed E-state index contributed by atoms with van der Waals surface area (Å²) in [5.74, 6) is -0.154. The van der Waals surface area contributed by atoms with E-state index in [4.69, 9.17) is 0 Å². The number of hydrogen-bond donors (Lipinski definition) is 3. The summed E-state index contributed by atoms with van der Waals surface area (Å²) in [6.45, 7) is 3.11. The topological polar surface area (TPSA) is 65.4 Å². The minimum Gasteiger partial charge on any atom is -0.504 e. The molecule has 0 aliphatic rings. The molecule has 0 fully saturated rings. The average molecular weight is 244 g/mol. The predicted octanol–water partition coefficient (Wildman–Crippen LogP) is 2.09. The first-order valence-electron chi connectivity index (χ1n) is 5.79. The second-order valence-corrected chi connectivity index (χ2v) is 4.20. The second kappa shape index (κ2) is 5.51. The molecule has 0 amide bonds. The molecule has 1 aromatic heterocycles. The summed E-state index contributed by atoms with van der Waals surface area (Å²) in [6.07, 6.45) is 1.82. The first-order valence-corrected chi connectivity index (χ1v) is 5.79. The summed E-state index contributed by atoms with van der Waals surface area (Å²) in [5.41, 5.74) is 2.75. The maximum absolute atomic E-state index is 9.63. The van der Waals surface area contributed by atoms with Crippen LogP contribution in [0.5, 0.6) is 11.5 Å². The Balaban J connectivity index is 1.92. The zero-order valence-corrected chi connectivity index (χ0v) is 10.2. The summed E-state index contributed by atoms with van der Waals surface area (Å²) < 4.78 is 0. The van der Waals surface area contributed by atoms with Gasteiger partial charge in [0.05, 0.1) is 0 Å². The molecule has 0 atom stereocenters. The molecule has 0 aliphatic carbocycles. The fourth-order valence-electron chi connectivity index (χ4n) is 1.66. The van der Waals surface area contributed by atoms with Crippen LogP contribution in [0.4, 0.5) is 0 Å². The van der Waals surface area contributed by atoms with Gasteiger partial charge >= 0.3 is 0 Å². The molecule has 0 aliphatic heterocycles. The molecular formula is C14H16N2O2. The molecule has 1 aromatic carbocycles. The van der Waals surface area contributed by atoms with Crippen molar-refractivity contribution >= 4 is 0 Å². The van der Waals surface area contributed by atoms with Crippen molar-refractivity contribution in [2.75, 3.05) is 0 Å². The molecule has 4 nitrogen and oxygen atoms in total. The maximum atomic E-state index is 9.63. The van der Waals surface area contributed by atoms with Gasteiger partial charge in [-0.25, -0.2) is 0 Å². The standard InChI is InChI=1S/C14H16N2O2/c1-10-5-6-11(8-16-10)7-15-9-12-3-2-4-13(17)14(12)18/h2-6,8,15,17-18H,7,9H2,1H3. The summed E-state index contributed by atoms with van der Waals surface area (Å²) in [5, 5.41) is 22.2.